The molecule has 1 atom stereocenters. The largest absolute Gasteiger partial charge is 0.377 e. The SMILES string of the molecule is COC1C=C2CCC(=O)N(CCCN3CCC(NC(=O)C(C)C)CC3)C2=CC1. The van der Waals surface area contributed by atoms with E-state index >= 15 is 0 Å². The van der Waals surface area contributed by atoms with Crippen LogP contribution < -0.4 is 5.32 Å². The molecule has 3 rings (SSSR count). The molecule has 0 bridgehead atoms. The van der Waals surface area contributed by atoms with E-state index < -0.39 is 0 Å². The molecule has 6 nitrogen and oxygen atoms in total. The molecule has 0 aromatic heterocycles. The second-order valence-electron chi connectivity index (χ2n) is 8.47. The quantitative estimate of drug-likeness (QED) is 0.727. The minimum Gasteiger partial charge on any atom is -0.377 e. The molecule has 1 aliphatic carbocycles. The smallest absolute Gasteiger partial charge is 0.227 e. The summed E-state index contributed by atoms with van der Waals surface area (Å²) < 4.78 is 5.45. The van der Waals surface area contributed by atoms with Gasteiger partial charge in [-0.2, -0.15) is 0 Å². The average Bonchev–Trinajstić information content (AvgIpc) is 2.70. The molecule has 28 heavy (non-hydrogen) atoms. The zero-order valence-corrected chi connectivity index (χ0v) is 17.6. The maximum atomic E-state index is 12.5. The van der Waals surface area contributed by atoms with Crippen LogP contribution in [0.2, 0.25) is 0 Å². The van der Waals surface area contributed by atoms with Crippen molar-refractivity contribution in [2.24, 2.45) is 5.92 Å². The minimum absolute atomic E-state index is 0.0484. The fraction of sp³-hybridized carbons (Fsp3) is 0.727. The number of hydrogen-bond donors (Lipinski definition) is 1. The lowest BCUT2D eigenvalue weighted by atomic mass is 9.92. The predicted octanol–water partition coefficient (Wildman–Crippen LogP) is 2.46. The Bertz CT molecular complexity index is 633. The van der Waals surface area contributed by atoms with E-state index in [4.69, 9.17) is 4.74 Å². The van der Waals surface area contributed by atoms with E-state index in [1.165, 1.54) is 5.57 Å². The van der Waals surface area contributed by atoms with Gasteiger partial charge in [0, 0.05) is 50.8 Å². The van der Waals surface area contributed by atoms with Crippen LogP contribution in [0.4, 0.5) is 0 Å². The summed E-state index contributed by atoms with van der Waals surface area (Å²) in [6, 6.07) is 0.309. The van der Waals surface area contributed by atoms with Crippen molar-refractivity contribution < 1.29 is 14.3 Å². The number of rotatable bonds is 7. The molecule has 3 aliphatic rings. The summed E-state index contributed by atoms with van der Waals surface area (Å²) in [5.41, 5.74) is 2.37. The lowest BCUT2D eigenvalue weighted by molar-refractivity contribution is -0.130. The van der Waals surface area contributed by atoms with Gasteiger partial charge in [-0.3, -0.25) is 9.59 Å². The molecule has 0 aromatic carbocycles. The lowest BCUT2D eigenvalue weighted by Crippen LogP contribution is -2.46. The number of allylic oxidation sites excluding steroid dienone is 1. The fourth-order valence-electron chi connectivity index (χ4n) is 4.27. The first-order valence-corrected chi connectivity index (χ1v) is 10.7. The molecule has 156 valence electrons. The minimum atomic E-state index is 0.0484. The van der Waals surface area contributed by atoms with Gasteiger partial charge < -0.3 is 19.9 Å². The molecule has 6 heteroatoms. The molecule has 1 N–H and O–H groups in total. The Morgan fingerprint density at radius 2 is 2.00 bits per heavy atom. The van der Waals surface area contributed by atoms with Crippen LogP contribution in [0.5, 0.6) is 0 Å². The van der Waals surface area contributed by atoms with E-state index in [1.54, 1.807) is 7.11 Å². The fourth-order valence-corrected chi connectivity index (χ4v) is 4.27. The molecular formula is C22H35N3O3. The van der Waals surface area contributed by atoms with Gasteiger partial charge >= 0.3 is 0 Å². The molecule has 0 saturated carbocycles. The summed E-state index contributed by atoms with van der Waals surface area (Å²) in [5.74, 6) is 0.448. The molecule has 2 fully saturated rings. The first-order chi connectivity index (χ1) is 13.5. The lowest BCUT2D eigenvalue weighted by Gasteiger charge is -2.36. The van der Waals surface area contributed by atoms with Gasteiger partial charge in [-0.15, -0.1) is 0 Å². The number of carbonyl (C=O) groups is 2. The molecule has 2 aliphatic heterocycles. The van der Waals surface area contributed by atoms with Gasteiger partial charge in [-0.25, -0.2) is 0 Å². The van der Waals surface area contributed by atoms with E-state index in [-0.39, 0.29) is 23.8 Å². The number of piperidine rings is 2. The summed E-state index contributed by atoms with van der Waals surface area (Å²) in [6.45, 7) is 7.68. The van der Waals surface area contributed by atoms with Gasteiger partial charge in [-0.05, 0) is 44.2 Å². The maximum absolute atomic E-state index is 12.5. The number of fused-ring (bicyclic) bond motifs is 1. The van der Waals surface area contributed by atoms with Crippen LogP contribution in [0.3, 0.4) is 0 Å². The number of hydrogen-bond acceptors (Lipinski definition) is 4. The van der Waals surface area contributed by atoms with Crippen LogP contribution in [-0.4, -0.2) is 67.0 Å². The van der Waals surface area contributed by atoms with Crippen molar-refractivity contribution in [3.63, 3.8) is 0 Å². The van der Waals surface area contributed by atoms with Crippen LogP contribution in [-0.2, 0) is 14.3 Å². The molecular weight excluding hydrogens is 354 g/mol. The zero-order valence-electron chi connectivity index (χ0n) is 17.6. The topological polar surface area (TPSA) is 61.9 Å². The number of methoxy groups -OCH3 is 1. The first-order valence-electron chi connectivity index (χ1n) is 10.7. The summed E-state index contributed by atoms with van der Waals surface area (Å²) in [4.78, 5) is 28.7. The van der Waals surface area contributed by atoms with E-state index in [1.807, 2.05) is 18.7 Å². The summed E-state index contributed by atoms with van der Waals surface area (Å²) >= 11 is 0. The summed E-state index contributed by atoms with van der Waals surface area (Å²) in [7, 11) is 1.74. The molecule has 2 amide bonds. The van der Waals surface area contributed by atoms with Crippen molar-refractivity contribution >= 4 is 11.8 Å². The first kappa shape index (κ1) is 21.1. The highest BCUT2D eigenvalue weighted by atomic mass is 16.5. The van der Waals surface area contributed by atoms with Crippen LogP contribution >= 0.6 is 0 Å². The van der Waals surface area contributed by atoms with E-state index in [9.17, 15) is 9.59 Å². The second-order valence-corrected chi connectivity index (χ2v) is 8.47. The van der Waals surface area contributed by atoms with Crippen LogP contribution in [0.15, 0.2) is 23.4 Å². The van der Waals surface area contributed by atoms with E-state index in [2.05, 4.69) is 22.4 Å². The maximum Gasteiger partial charge on any atom is 0.227 e. The molecule has 2 saturated heterocycles. The van der Waals surface area contributed by atoms with E-state index in [0.717, 1.165) is 64.0 Å². The van der Waals surface area contributed by atoms with Gasteiger partial charge in [0.1, 0.15) is 0 Å². The summed E-state index contributed by atoms with van der Waals surface area (Å²) in [5, 5.41) is 3.15. The zero-order chi connectivity index (χ0) is 20.1. The Hall–Kier alpha value is -1.66. The predicted molar refractivity (Wildman–Crippen MR) is 110 cm³/mol. The Kier molecular flexibility index (Phi) is 7.30. The Morgan fingerprint density at radius 1 is 1.25 bits per heavy atom. The third-order valence-corrected chi connectivity index (χ3v) is 6.08. The molecule has 0 aromatic rings. The van der Waals surface area contributed by atoms with Gasteiger partial charge in [0.25, 0.3) is 0 Å². The van der Waals surface area contributed by atoms with Gasteiger partial charge in [0.05, 0.1) is 6.10 Å². The van der Waals surface area contributed by atoms with Crippen molar-refractivity contribution in [3.05, 3.63) is 23.4 Å². The third-order valence-electron chi connectivity index (χ3n) is 6.08. The highest BCUT2D eigenvalue weighted by Crippen LogP contribution is 2.32. The number of amides is 2. The monoisotopic (exact) mass is 389 g/mol. The Morgan fingerprint density at radius 3 is 2.68 bits per heavy atom. The molecule has 0 spiro atoms. The van der Waals surface area contributed by atoms with Gasteiger partial charge in [0.15, 0.2) is 0 Å². The number of likely N-dealkylation sites (tertiary alicyclic amines) is 2. The normalized spacial score (nSPS) is 24.1. The average molecular weight is 390 g/mol. The number of carbonyl (C=O) groups excluding carboxylic acids is 2. The summed E-state index contributed by atoms with van der Waals surface area (Å²) in [6.07, 6.45) is 9.77. The standard InChI is InChI=1S/C22H35N3O3/c1-16(2)22(27)23-18-9-13-24(14-10-18)11-4-12-25-20-7-6-19(28-3)15-17(20)5-8-21(25)26/h7,15-16,18-19H,4-6,8-14H2,1-3H3,(H,23,27). The van der Waals surface area contributed by atoms with Gasteiger partial charge in [-0.1, -0.05) is 26.0 Å². The Balaban J connectivity index is 1.43. The van der Waals surface area contributed by atoms with Crippen molar-refractivity contribution in [2.45, 2.75) is 64.5 Å². The number of nitrogens with one attached hydrogen (secondary N) is 1. The van der Waals surface area contributed by atoms with Crippen molar-refractivity contribution in [2.75, 3.05) is 33.3 Å². The van der Waals surface area contributed by atoms with Crippen LogP contribution in [0.25, 0.3) is 0 Å². The van der Waals surface area contributed by atoms with Crippen molar-refractivity contribution in [3.8, 4) is 0 Å². The highest BCUT2D eigenvalue weighted by molar-refractivity contribution is 5.81. The van der Waals surface area contributed by atoms with Crippen LogP contribution in [0, 0.1) is 5.92 Å². The van der Waals surface area contributed by atoms with Crippen LogP contribution in [0.1, 0.15) is 52.4 Å². The molecule has 0 radical (unpaired) electrons. The number of nitrogens with zero attached hydrogens (tertiary/aromatic N) is 2. The third kappa shape index (κ3) is 5.23. The second kappa shape index (κ2) is 9.70. The molecule has 2 heterocycles. The van der Waals surface area contributed by atoms with Gasteiger partial charge in [0.2, 0.25) is 11.8 Å². The number of ether oxygens (including phenoxy) is 1. The van der Waals surface area contributed by atoms with E-state index in [0.29, 0.717) is 12.5 Å². The Labute approximate surface area is 169 Å². The van der Waals surface area contributed by atoms with Crippen molar-refractivity contribution in [1.82, 2.24) is 15.1 Å². The van der Waals surface area contributed by atoms with Crippen molar-refractivity contribution in [1.29, 1.82) is 0 Å². The highest BCUT2D eigenvalue weighted by Gasteiger charge is 2.29. The molecule has 1 unspecified atom stereocenters.